The van der Waals surface area contributed by atoms with Crippen LogP contribution in [0.2, 0.25) is 5.02 Å². The molecule has 0 aliphatic carbocycles. The Balaban J connectivity index is 2.03. The number of carbonyl (C=O) groups excluding carboxylic acids is 2. The van der Waals surface area contributed by atoms with Gasteiger partial charge in [0.2, 0.25) is 0 Å². The topological polar surface area (TPSA) is 100 Å². The van der Waals surface area contributed by atoms with E-state index in [1.807, 2.05) is 0 Å². The minimum absolute atomic E-state index is 0.256. The minimum atomic E-state index is -1.34. The van der Waals surface area contributed by atoms with Gasteiger partial charge in [-0.3, -0.25) is 4.79 Å². The average Bonchev–Trinajstić information content (AvgIpc) is 2.60. The summed E-state index contributed by atoms with van der Waals surface area (Å²) in [6.07, 6.45) is 1.41. The quantitative estimate of drug-likeness (QED) is 0.590. The van der Waals surface area contributed by atoms with Gasteiger partial charge in [0.1, 0.15) is 6.61 Å². The van der Waals surface area contributed by atoms with Crippen molar-refractivity contribution in [3.8, 4) is 11.5 Å². The number of aliphatic carboxylic acids is 1. The highest BCUT2D eigenvalue weighted by Gasteiger charge is 2.06. The maximum atomic E-state index is 11.9. The number of halogens is 1. The van der Waals surface area contributed by atoms with Gasteiger partial charge in [-0.2, -0.15) is 5.10 Å². The Morgan fingerprint density at radius 3 is 2.72 bits per heavy atom. The Morgan fingerprint density at radius 1 is 1.24 bits per heavy atom. The second-order valence-corrected chi connectivity index (χ2v) is 5.22. The largest absolute Gasteiger partial charge is 0.546 e. The zero-order valence-corrected chi connectivity index (χ0v) is 13.9. The second kappa shape index (κ2) is 8.70. The van der Waals surface area contributed by atoms with Crippen molar-refractivity contribution in [3.05, 3.63) is 58.6 Å². The molecule has 0 radical (unpaired) electrons. The van der Waals surface area contributed by atoms with Gasteiger partial charge in [0, 0.05) is 10.6 Å². The molecule has 1 amide bonds. The molecule has 0 saturated heterocycles. The number of methoxy groups -OCH3 is 1. The Hall–Kier alpha value is -3.06. The summed E-state index contributed by atoms with van der Waals surface area (Å²) < 4.78 is 10.2. The summed E-state index contributed by atoms with van der Waals surface area (Å²) >= 11 is 5.83. The third-order valence-electron chi connectivity index (χ3n) is 3.00. The number of amides is 1. The van der Waals surface area contributed by atoms with Crippen LogP contribution in [0, 0.1) is 0 Å². The van der Waals surface area contributed by atoms with Gasteiger partial charge in [0.25, 0.3) is 5.91 Å². The number of hydrogen-bond donors (Lipinski definition) is 1. The molecule has 0 aliphatic rings. The lowest BCUT2D eigenvalue weighted by atomic mass is 10.2. The Labute approximate surface area is 148 Å². The van der Waals surface area contributed by atoms with E-state index in [0.29, 0.717) is 21.9 Å². The molecule has 2 aromatic rings. The van der Waals surface area contributed by atoms with Crippen molar-refractivity contribution in [3.63, 3.8) is 0 Å². The van der Waals surface area contributed by atoms with Crippen LogP contribution in [0.1, 0.15) is 15.9 Å². The molecule has 8 heteroatoms. The van der Waals surface area contributed by atoms with E-state index < -0.39 is 18.5 Å². The molecule has 130 valence electrons. The maximum absolute atomic E-state index is 11.9. The van der Waals surface area contributed by atoms with E-state index in [1.54, 1.807) is 30.3 Å². The molecule has 0 fully saturated rings. The van der Waals surface area contributed by atoms with Crippen LogP contribution >= 0.6 is 11.6 Å². The van der Waals surface area contributed by atoms with Crippen LogP contribution in [0.4, 0.5) is 0 Å². The van der Waals surface area contributed by atoms with Gasteiger partial charge in [-0.1, -0.05) is 17.7 Å². The Morgan fingerprint density at radius 2 is 2.04 bits per heavy atom. The fourth-order valence-corrected chi connectivity index (χ4v) is 2.07. The zero-order chi connectivity index (χ0) is 18.2. The summed E-state index contributed by atoms with van der Waals surface area (Å²) in [4.78, 5) is 22.4. The SMILES string of the molecule is COc1cc(/C=N\NC(=O)c2cccc(Cl)c2)ccc1OCC(=O)[O-]. The fourth-order valence-electron chi connectivity index (χ4n) is 1.88. The van der Waals surface area contributed by atoms with Gasteiger partial charge in [-0.15, -0.1) is 0 Å². The van der Waals surface area contributed by atoms with Crippen molar-refractivity contribution in [2.24, 2.45) is 5.10 Å². The molecule has 7 nitrogen and oxygen atoms in total. The number of hydrogen-bond acceptors (Lipinski definition) is 6. The maximum Gasteiger partial charge on any atom is 0.271 e. The molecule has 2 rings (SSSR count). The molecule has 0 atom stereocenters. The summed E-state index contributed by atoms with van der Waals surface area (Å²) in [6.45, 7) is -0.584. The van der Waals surface area contributed by atoms with Gasteiger partial charge in [-0.05, 0) is 42.0 Å². The van der Waals surface area contributed by atoms with Gasteiger partial charge in [0.05, 0.1) is 19.3 Å². The highest BCUT2D eigenvalue weighted by atomic mass is 35.5. The first-order valence-corrected chi connectivity index (χ1v) is 7.47. The predicted octanol–water partition coefficient (Wildman–Crippen LogP) is 1.24. The average molecular weight is 362 g/mol. The summed E-state index contributed by atoms with van der Waals surface area (Å²) in [6, 6.07) is 11.2. The minimum Gasteiger partial charge on any atom is -0.546 e. The normalized spacial score (nSPS) is 10.5. The van der Waals surface area contributed by atoms with E-state index in [4.69, 9.17) is 21.1 Å². The monoisotopic (exact) mass is 361 g/mol. The number of nitrogens with zero attached hydrogens (tertiary/aromatic N) is 1. The van der Waals surface area contributed by atoms with E-state index in [-0.39, 0.29) is 5.75 Å². The molecule has 0 heterocycles. The number of carbonyl (C=O) groups is 2. The molecule has 1 N–H and O–H groups in total. The van der Waals surface area contributed by atoms with Crippen molar-refractivity contribution in [1.82, 2.24) is 5.43 Å². The number of carboxylic acid groups (broad SMARTS) is 1. The highest BCUT2D eigenvalue weighted by molar-refractivity contribution is 6.30. The van der Waals surface area contributed by atoms with Crippen LogP contribution in [0.15, 0.2) is 47.6 Å². The number of carboxylic acids is 1. The highest BCUT2D eigenvalue weighted by Crippen LogP contribution is 2.27. The van der Waals surface area contributed by atoms with Crippen LogP contribution in [0.25, 0.3) is 0 Å². The van der Waals surface area contributed by atoms with Gasteiger partial charge in [-0.25, -0.2) is 5.43 Å². The molecule has 0 spiro atoms. The lowest BCUT2D eigenvalue weighted by molar-refractivity contribution is -0.307. The standard InChI is InChI=1S/C17H15ClN2O5/c1-24-15-7-11(5-6-14(15)25-10-16(21)22)9-19-20-17(23)12-3-2-4-13(18)8-12/h2-9H,10H2,1H3,(H,20,23)(H,21,22)/p-1/b19-9-. The van der Waals surface area contributed by atoms with Crippen molar-refractivity contribution in [1.29, 1.82) is 0 Å². The lowest BCUT2D eigenvalue weighted by Gasteiger charge is -2.11. The molecule has 2 aromatic carbocycles. The van der Waals surface area contributed by atoms with Crippen LogP contribution < -0.4 is 20.0 Å². The van der Waals surface area contributed by atoms with E-state index in [0.717, 1.165) is 0 Å². The van der Waals surface area contributed by atoms with Crippen molar-refractivity contribution < 1.29 is 24.2 Å². The number of ether oxygens (including phenoxy) is 2. The van der Waals surface area contributed by atoms with Gasteiger partial charge >= 0.3 is 0 Å². The molecule has 0 bridgehead atoms. The number of hydrazone groups is 1. The van der Waals surface area contributed by atoms with E-state index in [9.17, 15) is 14.7 Å². The predicted molar refractivity (Wildman–Crippen MR) is 90.0 cm³/mol. The number of nitrogens with one attached hydrogen (secondary N) is 1. The van der Waals surface area contributed by atoms with Crippen LogP contribution in [0.3, 0.4) is 0 Å². The van der Waals surface area contributed by atoms with Crippen molar-refractivity contribution >= 4 is 29.7 Å². The van der Waals surface area contributed by atoms with Crippen LogP contribution in [-0.4, -0.2) is 31.8 Å². The first-order chi connectivity index (χ1) is 12.0. The molecular weight excluding hydrogens is 348 g/mol. The summed E-state index contributed by atoms with van der Waals surface area (Å²) in [7, 11) is 1.42. The van der Waals surface area contributed by atoms with Crippen molar-refractivity contribution in [2.45, 2.75) is 0 Å². The van der Waals surface area contributed by atoms with Gasteiger partial charge in [0.15, 0.2) is 11.5 Å². The lowest BCUT2D eigenvalue weighted by Crippen LogP contribution is -2.29. The zero-order valence-electron chi connectivity index (χ0n) is 13.2. The molecule has 0 saturated carbocycles. The fraction of sp³-hybridized carbons (Fsp3) is 0.118. The molecular formula is C17H14ClN2O5-. The third kappa shape index (κ3) is 5.50. The van der Waals surface area contributed by atoms with E-state index >= 15 is 0 Å². The molecule has 0 unspecified atom stereocenters. The second-order valence-electron chi connectivity index (χ2n) is 4.78. The Bertz CT molecular complexity index is 807. The summed E-state index contributed by atoms with van der Waals surface area (Å²) in [5.41, 5.74) is 3.38. The van der Waals surface area contributed by atoms with Crippen molar-refractivity contribution in [2.75, 3.05) is 13.7 Å². The first-order valence-electron chi connectivity index (χ1n) is 7.09. The van der Waals surface area contributed by atoms with Gasteiger partial charge < -0.3 is 19.4 Å². The molecule has 25 heavy (non-hydrogen) atoms. The summed E-state index contributed by atoms with van der Waals surface area (Å²) in [5, 5.41) is 14.7. The van der Waals surface area contributed by atoms with Crippen LogP contribution in [0.5, 0.6) is 11.5 Å². The Kier molecular flexibility index (Phi) is 6.36. The summed E-state index contributed by atoms with van der Waals surface area (Å²) in [5.74, 6) is -1.16. The smallest absolute Gasteiger partial charge is 0.271 e. The first kappa shape index (κ1) is 18.3. The van der Waals surface area contributed by atoms with E-state index in [2.05, 4.69) is 10.5 Å². The molecule has 0 aliphatic heterocycles. The van der Waals surface area contributed by atoms with Crippen LogP contribution in [-0.2, 0) is 4.79 Å². The van der Waals surface area contributed by atoms with E-state index in [1.165, 1.54) is 25.5 Å². The number of benzene rings is 2. The molecule has 0 aromatic heterocycles. The number of rotatable bonds is 7. The third-order valence-corrected chi connectivity index (χ3v) is 3.23.